The molecule has 3 rings (SSSR count). The molecule has 0 spiro atoms. The Labute approximate surface area is 254 Å². The first kappa shape index (κ1) is 33.5. The molecule has 1 aliphatic rings. The Hall–Kier alpha value is -1.69. The normalized spacial score (nSPS) is 14.1. The van der Waals surface area contributed by atoms with Crippen molar-refractivity contribution in [2.24, 2.45) is 4.99 Å². The standard InChI is InChI=1S/C27H42N6O2S2.O.Tc/c1-35-25-8-3-2-7-24(25)32-17-14-30(15-18-32)16-19-33(26-9-4-5-10-28-26)13-6-12-31(20-22-37)23-27(34)29-11-21-36;;/h2-5,7-10,36-37H,6,11-23H2,1H3,(H,29,34);;/q;;+3/p-3/i;;1+1. The molecule has 39 heavy (non-hydrogen) atoms. The topological polar surface area (TPSA) is 87.6 Å². The second-order valence-electron chi connectivity index (χ2n) is 8.99. The molecule has 2 aromatic rings. The van der Waals surface area contributed by atoms with Crippen LogP contribution in [0, 0.1) is 0 Å². The number of piperazine rings is 1. The van der Waals surface area contributed by atoms with Gasteiger partial charge in [-0.3, -0.25) is 4.90 Å². The van der Waals surface area contributed by atoms with Gasteiger partial charge in [-0.25, -0.2) is 4.98 Å². The average molecular weight is 659 g/mol. The van der Waals surface area contributed by atoms with Gasteiger partial charge in [-0.2, -0.15) is 11.5 Å². The molecule has 0 radical (unpaired) electrons. The number of aromatic nitrogens is 1. The quantitative estimate of drug-likeness (QED) is 0.149. The number of methoxy groups -OCH3 is 1. The summed E-state index contributed by atoms with van der Waals surface area (Å²) in [5.74, 6) is 2.88. The van der Waals surface area contributed by atoms with Crippen molar-refractivity contribution < 1.29 is 32.2 Å². The number of pyridine rings is 1. The molecular formula is C27H39N6O3S2Tc. The number of nitrogens with zero attached hydrogens (tertiary/aromatic N) is 6. The van der Waals surface area contributed by atoms with Crippen molar-refractivity contribution >= 4 is 42.7 Å². The van der Waals surface area contributed by atoms with Gasteiger partial charge in [-0.1, -0.05) is 18.2 Å². The van der Waals surface area contributed by atoms with Gasteiger partial charge >= 0.3 is 22.4 Å². The van der Waals surface area contributed by atoms with Gasteiger partial charge in [-0.05, 0) is 43.1 Å². The summed E-state index contributed by atoms with van der Waals surface area (Å²) < 4.78 is 13.8. The Morgan fingerprint density at radius 1 is 1.03 bits per heavy atom. The minimum absolute atomic E-state index is 0.109. The molecule has 0 saturated carbocycles. The summed E-state index contributed by atoms with van der Waals surface area (Å²) in [6.07, 6.45) is 2.76. The van der Waals surface area contributed by atoms with Gasteiger partial charge in [0.25, 0.3) is 0 Å². The first-order valence-electron chi connectivity index (χ1n) is 13.1. The van der Waals surface area contributed by atoms with Crippen LogP contribution in [0.1, 0.15) is 6.42 Å². The van der Waals surface area contributed by atoms with Gasteiger partial charge < -0.3 is 54.8 Å². The molecule has 1 saturated heterocycles. The van der Waals surface area contributed by atoms with Crippen LogP contribution in [0.5, 0.6) is 5.75 Å². The number of ether oxygens (including phenoxy) is 1. The predicted octanol–water partition coefficient (Wildman–Crippen LogP) is 1.14. The van der Waals surface area contributed by atoms with Gasteiger partial charge in [0.15, 0.2) is 0 Å². The van der Waals surface area contributed by atoms with E-state index in [1.807, 2.05) is 30.5 Å². The maximum absolute atomic E-state index is 12.1. The van der Waals surface area contributed by atoms with Crippen molar-refractivity contribution in [1.29, 1.82) is 0 Å². The Bertz CT molecular complexity index is 954. The third-order valence-corrected chi connectivity index (χ3v) is 6.87. The van der Waals surface area contributed by atoms with Crippen molar-refractivity contribution in [1.82, 2.24) is 14.8 Å². The summed E-state index contributed by atoms with van der Waals surface area (Å²) in [6.45, 7) is 8.95. The third kappa shape index (κ3) is 12.2. The monoisotopic (exact) mass is 658 g/mol. The van der Waals surface area contributed by atoms with E-state index in [2.05, 4.69) is 47.8 Å². The molecule has 0 bridgehead atoms. The summed E-state index contributed by atoms with van der Waals surface area (Å²) in [4.78, 5) is 18.0. The summed E-state index contributed by atoms with van der Waals surface area (Å²) in [6, 6.07) is 14.3. The Balaban J connectivity index is 0.00000260. The molecule has 0 N–H and O–H groups in total. The van der Waals surface area contributed by atoms with Crippen molar-refractivity contribution in [3.8, 4) is 5.75 Å². The van der Waals surface area contributed by atoms with E-state index in [4.69, 9.17) is 33.5 Å². The molecule has 1 fully saturated rings. The van der Waals surface area contributed by atoms with E-state index in [0.717, 1.165) is 89.2 Å². The van der Waals surface area contributed by atoms with E-state index in [1.54, 1.807) is 7.11 Å². The fraction of sp³-hybridized carbons (Fsp3) is 0.556. The molecule has 214 valence electrons. The second-order valence-corrected chi connectivity index (χ2v) is 9.81. The average Bonchev–Trinajstić information content (AvgIpc) is 2.99. The van der Waals surface area contributed by atoms with E-state index in [9.17, 15) is 5.11 Å². The molecule has 0 amide bonds. The van der Waals surface area contributed by atoms with Crippen LogP contribution in [0.3, 0.4) is 0 Å². The van der Waals surface area contributed by atoms with Crippen molar-refractivity contribution in [3.05, 3.63) is 48.7 Å². The van der Waals surface area contributed by atoms with E-state index in [0.29, 0.717) is 31.1 Å². The van der Waals surface area contributed by atoms with E-state index < -0.39 is 0 Å². The summed E-state index contributed by atoms with van der Waals surface area (Å²) in [5, 5.41) is 12.1. The maximum atomic E-state index is 12.1. The van der Waals surface area contributed by atoms with E-state index in [-0.39, 0.29) is 5.90 Å². The van der Waals surface area contributed by atoms with Crippen LogP contribution in [0.15, 0.2) is 53.7 Å². The van der Waals surface area contributed by atoms with Crippen LogP contribution in [0.4, 0.5) is 11.5 Å². The Morgan fingerprint density at radius 2 is 1.77 bits per heavy atom. The SMILES string of the molecule is COc1ccccc1N1CCN(CCN(CCCN(CC[S-])CC([O-])=NCC[S-])c2ccccn2)CC1.[O]=[99Tc+3]. The van der Waals surface area contributed by atoms with Gasteiger partial charge in [0.2, 0.25) is 0 Å². The van der Waals surface area contributed by atoms with Crippen LogP contribution in [0.25, 0.3) is 0 Å². The van der Waals surface area contributed by atoms with Crippen LogP contribution in [0.2, 0.25) is 0 Å². The van der Waals surface area contributed by atoms with Gasteiger partial charge in [0, 0.05) is 71.6 Å². The predicted molar refractivity (Wildman–Crippen MR) is 157 cm³/mol. The molecule has 1 aromatic carbocycles. The van der Waals surface area contributed by atoms with E-state index >= 15 is 0 Å². The number of hydrogen-bond acceptors (Lipinski definition) is 11. The molecule has 1 aromatic heterocycles. The molecular weight excluding hydrogens is 619 g/mol. The first-order valence-corrected chi connectivity index (χ1v) is 15.1. The van der Waals surface area contributed by atoms with Crippen LogP contribution >= 0.6 is 0 Å². The van der Waals surface area contributed by atoms with Gasteiger partial charge in [0.05, 0.1) is 12.8 Å². The number of anilines is 2. The van der Waals surface area contributed by atoms with Gasteiger partial charge in [0.1, 0.15) is 11.6 Å². The summed E-state index contributed by atoms with van der Waals surface area (Å²) in [5.41, 5.74) is 1.17. The Kier molecular flexibility index (Phi) is 17.4. The molecule has 9 nitrogen and oxygen atoms in total. The first-order chi connectivity index (χ1) is 19.1. The van der Waals surface area contributed by atoms with Crippen LogP contribution < -0.4 is 19.6 Å². The molecule has 0 unspecified atom stereocenters. The molecule has 12 heteroatoms. The number of hydrogen-bond donors (Lipinski definition) is 0. The summed E-state index contributed by atoms with van der Waals surface area (Å²) >= 11 is 11.0. The molecule has 2 heterocycles. The zero-order chi connectivity index (χ0) is 28.3. The van der Waals surface area contributed by atoms with Crippen LogP contribution in [-0.4, -0.2) is 111 Å². The zero-order valence-electron chi connectivity index (χ0n) is 22.6. The number of rotatable bonds is 16. The van der Waals surface area contributed by atoms with Gasteiger partial charge in [-0.15, -0.1) is 0 Å². The Morgan fingerprint density at radius 3 is 2.44 bits per heavy atom. The number of para-hydroxylation sites is 2. The number of aliphatic imine (C=N–C) groups is 1. The molecule has 0 aliphatic carbocycles. The fourth-order valence-electron chi connectivity index (χ4n) is 4.54. The van der Waals surface area contributed by atoms with Crippen molar-refractivity contribution in [2.45, 2.75) is 6.42 Å². The van der Waals surface area contributed by atoms with Crippen molar-refractivity contribution in [2.75, 3.05) is 100 Å². The number of benzene rings is 1. The summed E-state index contributed by atoms with van der Waals surface area (Å²) in [7, 11) is 1.73. The third-order valence-electron chi connectivity index (χ3n) is 6.51. The van der Waals surface area contributed by atoms with E-state index in [1.165, 1.54) is 5.69 Å². The molecule has 0 atom stereocenters. The second kappa shape index (κ2) is 20.2. The molecule has 1 aliphatic heterocycles. The minimum atomic E-state index is -0.109. The van der Waals surface area contributed by atoms with Crippen molar-refractivity contribution in [3.63, 3.8) is 0 Å². The van der Waals surface area contributed by atoms with Crippen LogP contribution in [-0.2, 0) is 47.6 Å². The zero-order valence-corrected chi connectivity index (χ0v) is 26.1. The fourth-order valence-corrected chi connectivity index (χ4v) is 4.89.